The van der Waals surface area contributed by atoms with Gasteiger partial charge < -0.3 is 0 Å². The van der Waals surface area contributed by atoms with Crippen LogP contribution in [0.5, 0.6) is 0 Å². The largest absolute Gasteiger partial charge is 0.144 e. The minimum atomic E-state index is 0.613. The van der Waals surface area contributed by atoms with E-state index in [0.29, 0.717) is 4.08 Å². The minimum absolute atomic E-state index is 0.613. The van der Waals surface area contributed by atoms with Crippen molar-refractivity contribution >= 4 is 23.5 Å². The summed E-state index contributed by atoms with van der Waals surface area (Å²) in [6, 6.07) is 0. The molecule has 1 aliphatic heterocycles. The molecule has 1 fully saturated rings. The highest BCUT2D eigenvalue weighted by molar-refractivity contribution is 8.18. The van der Waals surface area contributed by atoms with Gasteiger partial charge in [0.2, 0.25) is 0 Å². The first-order valence-electron chi connectivity index (χ1n) is 5.11. The fourth-order valence-electron chi connectivity index (χ4n) is 1.79. The Bertz CT molecular complexity index is 101. The molecule has 2 heteroatoms. The monoisotopic (exact) mass is 204 g/mol. The van der Waals surface area contributed by atoms with E-state index in [0.717, 1.165) is 0 Å². The third-order valence-electron chi connectivity index (χ3n) is 2.28. The topological polar surface area (TPSA) is 0 Å². The van der Waals surface area contributed by atoms with Gasteiger partial charge in [0.05, 0.1) is 4.08 Å². The molecule has 0 spiro atoms. The van der Waals surface area contributed by atoms with E-state index < -0.39 is 0 Å². The van der Waals surface area contributed by atoms with Crippen molar-refractivity contribution < 1.29 is 0 Å². The van der Waals surface area contributed by atoms with Crippen molar-refractivity contribution in [3.05, 3.63) is 0 Å². The van der Waals surface area contributed by atoms with E-state index >= 15 is 0 Å². The minimum Gasteiger partial charge on any atom is -0.144 e. The molecule has 0 bridgehead atoms. The molecule has 0 aromatic heterocycles. The molecule has 1 rings (SSSR count). The zero-order chi connectivity index (χ0) is 8.86. The highest BCUT2D eigenvalue weighted by Gasteiger charge is 2.31. The molecule has 0 nitrogen and oxygen atoms in total. The van der Waals surface area contributed by atoms with E-state index in [1.807, 2.05) is 0 Å². The second-order valence-electron chi connectivity index (χ2n) is 3.46. The van der Waals surface area contributed by atoms with Crippen LogP contribution < -0.4 is 0 Å². The first-order valence-corrected chi connectivity index (χ1v) is 7.08. The van der Waals surface area contributed by atoms with Crippen molar-refractivity contribution in [1.82, 2.24) is 0 Å². The molecule has 1 aliphatic rings. The molecule has 0 unspecified atom stereocenters. The maximum atomic E-state index is 2.31. The summed E-state index contributed by atoms with van der Waals surface area (Å²) in [5, 5.41) is 0. The molecule has 72 valence electrons. The smallest absolute Gasteiger partial charge is 0.0610 e. The number of hydrogen-bond acceptors (Lipinski definition) is 2. The average Bonchev–Trinajstić information content (AvgIpc) is 2.07. The Morgan fingerprint density at radius 2 is 1.50 bits per heavy atom. The van der Waals surface area contributed by atoms with Gasteiger partial charge in [-0.25, -0.2) is 0 Å². The maximum absolute atomic E-state index is 2.31. The molecule has 1 heterocycles. The van der Waals surface area contributed by atoms with Gasteiger partial charge in [-0.2, -0.15) is 0 Å². The van der Waals surface area contributed by atoms with Crippen LogP contribution in [0.2, 0.25) is 0 Å². The van der Waals surface area contributed by atoms with Gasteiger partial charge >= 0.3 is 0 Å². The SMILES string of the molecule is CCCC1(CCC)SCCCS1. The van der Waals surface area contributed by atoms with Crippen LogP contribution in [0, 0.1) is 0 Å². The standard InChI is InChI=1S/C10H20S2/c1-3-6-10(7-4-2)11-8-5-9-12-10/h3-9H2,1-2H3. The quantitative estimate of drug-likeness (QED) is 0.674. The molecule has 0 saturated carbocycles. The second kappa shape index (κ2) is 5.43. The van der Waals surface area contributed by atoms with E-state index in [-0.39, 0.29) is 0 Å². The Balaban J connectivity index is 2.44. The van der Waals surface area contributed by atoms with E-state index in [1.165, 1.54) is 43.6 Å². The zero-order valence-electron chi connectivity index (χ0n) is 8.27. The van der Waals surface area contributed by atoms with Crippen LogP contribution in [-0.2, 0) is 0 Å². The first-order chi connectivity index (χ1) is 5.83. The van der Waals surface area contributed by atoms with Crippen LogP contribution in [0.1, 0.15) is 46.0 Å². The molecule has 0 aromatic rings. The van der Waals surface area contributed by atoms with Crippen molar-refractivity contribution in [1.29, 1.82) is 0 Å². The summed E-state index contributed by atoms with van der Waals surface area (Å²) < 4.78 is 0.613. The lowest BCUT2D eigenvalue weighted by Crippen LogP contribution is -2.24. The molecular formula is C10H20S2. The Labute approximate surface area is 85.3 Å². The number of rotatable bonds is 4. The van der Waals surface area contributed by atoms with Crippen LogP contribution in [0.15, 0.2) is 0 Å². The normalized spacial score (nSPS) is 22.5. The molecule has 1 saturated heterocycles. The maximum Gasteiger partial charge on any atom is 0.0610 e. The lowest BCUT2D eigenvalue weighted by atomic mass is 10.1. The fraction of sp³-hybridized carbons (Fsp3) is 1.00. The van der Waals surface area contributed by atoms with Gasteiger partial charge in [0.1, 0.15) is 0 Å². The predicted octanol–water partition coefficient (Wildman–Crippen LogP) is 4.15. The zero-order valence-corrected chi connectivity index (χ0v) is 9.90. The third-order valence-corrected chi connectivity index (χ3v) is 5.84. The Hall–Kier alpha value is 0.700. The third kappa shape index (κ3) is 2.88. The summed E-state index contributed by atoms with van der Waals surface area (Å²) in [5.41, 5.74) is 0. The van der Waals surface area contributed by atoms with Crippen LogP contribution in [0.3, 0.4) is 0 Å². The lowest BCUT2D eigenvalue weighted by molar-refractivity contribution is 0.629. The summed E-state index contributed by atoms with van der Waals surface area (Å²) in [5.74, 6) is 2.79. The van der Waals surface area contributed by atoms with E-state index in [9.17, 15) is 0 Å². The molecule has 0 atom stereocenters. The van der Waals surface area contributed by atoms with Crippen molar-refractivity contribution in [3.8, 4) is 0 Å². The lowest BCUT2D eigenvalue weighted by Gasteiger charge is -2.35. The summed E-state index contributed by atoms with van der Waals surface area (Å²) >= 11 is 4.45. The molecule has 0 aliphatic carbocycles. The molecule has 0 aromatic carbocycles. The number of hydrogen-bond donors (Lipinski definition) is 0. The molecule has 0 N–H and O–H groups in total. The first kappa shape index (κ1) is 10.8. The van der Waals surface area contributed by atoms with Crippen LogP contribution in [-0.4, -0.2) is 15.6 Å². The summed E-state index contributed by atoms with van der Waals surface area (Å²) in [6.07, 6.45) is 6.94. The van der Waals surface area contributed by atoms with E-state index in [4.69, 9.17) is 0 Å². The molecule has 12 heavy (non-hydrogen) atoms. The van der Waals surface area contributed by atoms with Gasteiger partial charge in [-0.05, 0) is 30.8 Å². The van der Waals surface area contributed by atoms with Crippen LogP contribution >= 0.6 is 23.5 Å². The van der Waals surface area contributed by atoms with Crippen molar-refractivity contribution in [2.75, 3.05) is 11.5 Å². The second-order valence-corrected chi connectivity index (χ2v) is 6.68. The predicted molar refractivity (Wildman–Crippen MR) is 62.1 cm³/mol. The fourth-order valence-corrected chi connectivity index (χ4v) is 5.52. The van der Waals surface area contributed by atoms with Gasteiger partial charge in [0.15, 0.2) is 0 Å². The van der Waals surface area contributed by atoms with Gasteiger partial charge in [-0.15, -0.1) is 23.5 Å². The van der Waals surface area contributed by atoms with Crippen LogP contribution in [0.25, 0.3) is 0 Å². The highest BCUT2D eigenvalue weighted by Crippen LogP contribution is 2.48. The van der Waals surface area contributed by atoms with Crippen molar-refractivity contribution in [3.63, 3.8) is 0 Å². The Morgan fingerprint density at radius 1 is 1.00 bits per heavy atom. The summed E-state index contributed by atoms with van der Waals surface area (Å²) in [4.78, 5) is 0. The Morgan fingerprint density at radius 3 is 1.92 bits per heavy atom. The number of thioether (sulfide) groups is 2. The highest BCUT2D eigenvalue weighted by atomic mass is 32.2. The van der Waals surface area contributed by atoms with Gasteiger partial charge in [-0.3, -0.25) is 0 Å². The molecule has 0 radical (unpaired) electrons. The van der Waals surface area contributed by atoms with Gasteiger partial charge in [0.25, 0.3) is 0 Å². The van der Waals surface area contributed by atoms with E-state index in [1.54, 1.807) is 0 Å². The summed E-state index contributed by atoms with van der Waals surface area (Å²) in [6.45, 7) is 4.63. The van der Waals surface area contributed by atoms with Crippen LogP contribution in [0.4, 0.5) is 0 Å². The van der Waals surface area contributed by atoms with Gasteiger partial charge in [-0.1, -0.05) is 26.7 Å². The van der Waals surface area contributed by atoms with Crippen molar-refractivity contribution in [2.45, 2.75) is 50.0 Å². The molecule has 0 amide bonds. The average molecular weight is 204 g/mol. The van der Waals surface area contributed by atoms with E-state index in [2.05, 4.69) is 37.4 Å². The van der Waals surface area contributed by atoms with Gasteiger partial charge in [0, 0.05) is 0 Å². The molecular weight excluding hydrogens is 184 g/mol. The van der Waals surface area contributed by atoms with Crippen molar-refractivity contribution in [2.24, 2.45) is 0 Å². The summed E-state index contributed by atoms with van der Waals surface area (Å²) in [7, 11) is 0. The Kier molecular flexibility index (Phi) is 4.88.